The van der Waals surface area contributed by atoms with E-state index in [1.54, 1.807) is 0 Å². The molecule has 0 aromatic carbocycles. The summed E-state index contributed by atoms with van der Waals surface area (Å²) < 4.78 is 1.86. The monoisotopic (exact) mass is 277 g/mol. The molecule has 0 aliphatic carbocycles. The van der Waals surface area contributed by atoms with Crippen molar-refractivity contribution in [2.24, 2.45) is 18.4 Å². The van der Waals surface area contributed by atoms with Gasteiger partial charge in [0.25, 0.3) is 5.91 Å². The van der Waals surface area contributed by atoms with Crippen LogP contribution in [0.25, 0.3) is 0 Å². The topological polar surface area (TPSA) is 57.5 Å². The van der Waals surface area contributed by atoms with Gasteiger partial charge >= 0.3 is 0 Å². The van der Waals surface area contributed by atoms with Gasteiger partial charge in [0.05, 0.1) is 0 Å². The van der Waals surface area contributed by atoms with Crippen LogP contribution in [0.3, 0.4) is 0 Å². The van der Waals surface area contributed by atoms with Gasteiger partial charge in [-0.3, -0.25) is 4.79 Å². The molecule has 1 spiro atoms. The fourth-order valence-corrected chi connectivity index (χ4v) is 3.78. The number of carbonyl (C=O) groups is 1. The summed E-state index contributed by atoms with van der Waals surface area (Å²) in [4.78, 5) is 14.6. The number of nitrogens with zero attached hydrogens (tertiary/aromatic N) is 2. The van der Waals surface area contributed by atoms with E-state index in [9.17, 15) is 9.90 Å². The minimum atomic E-state index is 0.0892. The second kappa shape index (κ2) is 5.22. The van der Waals surface area contributed by atoms with E-state index in [1.165, 1.54) is 0 Å². The first-order chi connectivity index (χ1) is 9.66. The van der Waals surface area contributed by atoms with Crippen molar-refractivity contribution in [3.63, 3.8) is 0 Å². The number of nitrogens with one attached hydrogen (secondary N) is 1. The van der Waals surface area contributed by atoms with Crippen LogP contribution in [0.2, 0.25) is 0 Å². The van der Waals surface area contributed by atoms with E-state index in [0.29, 0.717) is 6.54 Å². The zero-order valence-electron chi connectivity index (χ0n) is 12.0. The fourth-order valence-electron chi connectivity index (χ4n) is 3.78. The average Bonchev–Trinajstić information content (AvgIpc) is 3.03. The van der Waals surface area contributed by atoms with E-state index in [1.807, 2.05) is 34.8 Å². The molecule has 1 amide bonds. The van der Waals surface area contributed by atoms with Crippen LogP contribution in [-0.2, 0) is 7.05 Å². The van der Waals surface area contributed by atoms with Crippen LogP contribution in [0.1, 0.15) is 23.3 Å². The summed E-state index contributed by atoms with van der Waals surface area (Å²) in [7, 11) is 1.90. The van der Waals surface area contributed by atoms with Crippen LogP contribution in [0.4, 0.5) is 0 Å². The van der Waals surface area contributed by atoms with Gasteiger partial charge in [0.2, 0.25) is 0 Å². The smallest absolute Gasteiger partial charge is 0.270 e. The van der Waals surface area contributed by atoms with Crippen molar-refractivity contribution in [2.45, 2.75) is 12.8 Å². The number of aromatic nitrogens is 1. The van der Waals surface area contributed by atoms with Crippen molar-refractivity contribution in [1.82, 2.24) is 14.8 Å². The van der Waals surface area contributed by atoms with Crippen molar-refractivity contribution in [1.29, 1.82) is 0 Å². The highest BCUT2D eigenvalue weighted by molar-refractivity contribution is 5.93. The van der Waals surface area contributed by atoms with Crippen LogP contribution < -0.4 is 5.32 Å². The first-order valence-electron chi connectivity index (χ1n) is 7.38. The zero-order valence-corrected chi connectivity index (χ0v) is 12.0. The number of aliphatic hydroxyl groups is 1. The molecule has 1 aromatic rings. The van der Waals surface area contributed by atoms with Gasteiger partial charge in [-0.2, -0.15) is 0 Å². The second-order valence-electron chi connectivity index (χ2n) is 6.18. The predicted molar refractivity (Wildman–Crippen MR) is 76.4 cm³/mol. The van der Waals surface area contributed by atoms with Crippen molar-refractivity contribution in [3.8, 4) is 0 Å². The number of rotatable bonds is 2. The van der Waals surface area contributed by atoms with E-state index in [-0.39, 0.29) is 23.8 Å². The van der Waals surface area contributed by atoms with Crippen LogP contribution in [0.15, 0.2) is 18.3 Å². The van der Waals surface area contributed by atoms with Gasteiger partial charge in [-0.05, 0) is 43.5 Å². The molecule has 3 heterocycles. The molecule has 2 N–H and O–H groups in total. The highest BCUT2D eigenvalue weighted by Crippen LogP contribution is 2.43. The third kappa shape index (κ3) is 2.15. The number of likely N-dealkylation sites (tertiary alicyclic amines) is 1. The van der Waals surface area contributed by atoms with Crippen LogP contribution in [0, 0.1) is 11.3 Å². The molecule has 2 aliphatic heterocycles. The molecule has 20 heavy (non-hydrogen) atoms. The summed E-state index contributed by atoms with van der Waals surface area (Å²) in [5.41, 5.74) is 0.841. The summed E-state index contributed by atoms with van der Waals surface area (Å²) in [6, 6.07) is 3.76. The zero-order chi connectivity index (χ0) is 14.2. The maximum absolute atomic E-state index is 12.6. The molecule has 0 radical (unpaired) electrons. The minimum Gasteiger partial charge on any atom is -0.396 e. The number of piperidine rings is 1. The SMILES string of the molecule is Cn1cccc1C(=O)N1CC(CO)C2(CCNCC2)C1. The standard InChI is InChI=1S/C15H23N3O2/c1-17-8-2-3-13(17)14(20)18-9-12(10-19)15(11-18)4-6-16-7-5-15/h2-3,8,12,16,19H,4-7,9-11H2,1H3. The van der Waals surface area contributed by atoms with E-state index in [0.717, 1.165) is 38.2 Å². The normalized spacial score (nSPS) is 25.3. The maximum Gasteiger partial charge on any atom is 0.270 e. The van der Waals surface area contributed by atoms with Crippen molar-refractivity contribution < 1.29 is 9.90 Å². The lowest BCUT2D eigenvalue weighted by Gasteiger charge is -2.37. The predicted octanol–water partition coefficient (Wildman–Crippen LogP) is 0.459. The molecule has 5 nitrogen and oxygen atoms in total. The van der Waals surface area contributed by atoms with Crippen LogP contribution in [0.5, 0.6) is 0 Å². The molecule has 5 heteroatoms. The van der Waals surface area contributed by atoms with E-state index < -0.39 is 0 Å². The lowest BCUT2D eigenvalue weighted by atomic mass is 9.71. The minimum absolute atomic E-state index is 0.0892. The highest BCUT2D eigenvalue weighted by atomic mass is 16.3. The molecular formula is C15H23N3O2. The Bertz CT molecular complexity index is 491. The van der Waals surface area contributed by atoms with E-state index in [4.69, 9.17) is 0 Å². The highest BCUT2D eigenvalue weighted by Gasteiger charge is 2.48. The summed E-state index contributed by atoms with van der Waals surface area (Å²) in [6.07, 6.45) is 4.00. The summed E-state index contributed by atoms with van der Waals surface area (Å²) in [5.74, 6) is 0.306. The van der Waals surface area contributed by atoms with Crippen molar-refractivity contribution >= 4 is 5.91 Å². The van der Waals surface area contributed by atoms with Gasteiger partial charge < -0.3 is 19.9 Å². The van der Waals surface area contributed by atoms with Gasteiger partial charge in [0.1, 0.15) is 5.69 Å². The first kappa shape index (κ1) is 13.6. The molecule has 1 atom stereocenters. The molecule has 2 aliphatic rings. The third-order valence-electron chi connectivity index (χ3n) is 5.08. The van der Waals surface area contributed by atoms with Gasteiger partial charge in [-0.15, -0.1) is 0 Å². The molecule has 3 rings (SSSR count). The molecule has 1 unspecified atom stereocenters. The molecule has 110 valence electrons. The molecule has 1 aromatic heterocycles. The van der Waals surface area contributed by atoms with Crippen molar-refractivity contribution in [2.75, 3.05) is 32.8 Å². The summed E-state index contributed by atoms with van der Waals surface area (Å²) in [6.45, 7) is 3.62. The van der Waals surface area contributed by atoms with Gasteiger partial charge in [0, 0.05) is 38.9 Å². The number of hydrogen-bond donors (Lipinski definition) is 2. The average molecular weight is 277 g/mol. The quantitative estimate of drug-likeness (QED) is 0.826. The van der Waals surface area contributed by atoms with Crippen LogP contribution in [-0.4, -0.2) is 53.3 Å². The lowest BCUT2D eigenvalue weighted by molar-refractivity contribution is 0.0747. The number of aliphatic hydroxyl groups excluding tert-OH is 1. The molecular weight excluding hydrogens is 254 g/mol. The Labute approximate surface area is 119 Å². The van der Waals surface area contributed by atoms with Gasteiger partial charge in [0.15, 0.2) is 0 Å². The first-order valence-corrected chi connectivity index (χ1v) is 7.38. The molecule has 2 fully saturated rings. The fraction of sp³-hybridized carbons (Fsp3) is 0.667. The Morgan fingerprint density at radius 3 is 2.85 bits per heavy atom. The Kier molecular flexibility index (Phi) is 3.56. The Morgan fingerprint density at radius 1 is 1.50 bits per heavy atom. The summed E-state index contributed by atoms with van der Waals surface area (Å²) >= 11 is 0. The molecule has 2 saturated heterocycles. The van der Waals surface area contributed by atoms with E-state index in [2.05, 4.69) is 5.32 Å². The Hall–Kier alpha value is -1.33. The van der Waals surface area contributed by atoms with Gasteiger partial charge in [-0.25, -0.2) is 0 Å². The maximum atomic E-state index is 12.6. The number of aryl methyl sites for hydroxylation is 1. The largest absolute Gasteiger partial charge is 0.396 e. The number of hydrogen-bond acceptors (Lipinski definition) is 3. The third-order valence-corrected chi connectivity index (χ3v) is 5.08. The van der Waals surface area contributed by atoms with Crippen LogP contribution >= 0.6 is 0 Å². The Balaban J connectivity index is 1.80. The Morgan fingerprint density at radius 2 is 2.25 bits per heavy atom. The second-order valence-corrected chi connectivity index (χ2v) is 6.18. The lowest BCUT2D eigenvalue weighted by Crippen LogP contribution is -2.43. The molecule has 0 saturated carbocycles. The number of amides is 1. The van der Waals surface area contributed by atoms with Gasteiger partial charge in [-0.1, -0.05) is 0 Å². The molecule has 0 bridgehead atoms. The summed E-state index contributed by atoms with van der Waals surface area (Å²) in [5, 5.41) is 13.1. The van der Waals surface area contributed by atoms with E-state index >= 15 is 0 Å². The van der Waals surface area contributed by atoms with Crippen molar-refractivity contribution in [3.05, 3.63) is 24.0 Å². The number of carbonyl (C=O) groups excluding carboxylic acids is 1.